The highest BCUT2D eigenvalue weighted by atomic mass is 16.4. The molecule has 0 saturated carbocycles. The topological polar surface area (TPSA) is 80.0 Å². The van der Waals surface area contributed by atoms with Gasteiger partial charge in [0.15, 0.2) is 11.7 Å². The van der Waals surface area contributed by atoms with Crippen molar-refractivity contribution in [1.29, 1.82) is 5.26 Å². The highest BCUT2D eigenvalue weighted by molar-refractivity contribution is 5.79. The maximum absolute atomic E-state index is 9.28. The van der Waals surface area contributed by atoms with Crippen LogP contribution in [0.15, 0.2) is 53.5 Å². The van der Waals surface area contributed by atoms with E-state index in [1.165, 1.54) is 0 Å². The molecule has 0 spiro atoms. The van der Waals surface area contributed by atoms with Crippen molar-refractivity contribution in [2.45, 2.75) is 27.2 Å². The van der Waals surface area contributed by atoms with Crippen LogP contribution in [-0.4, -0.2) is 19.4 Å². The predicted octanol–water partition coefficient (Wildman–Crippen LogP) is 4.51. The van der Waals surface area contributed by atoms with E-state index < -0.39 is 0 Å². The number of imidazole rings is 1. The van der Waals surface area contributed by atoms with Crippen molar-refractivity contribution in [2.75, 3.05) is 0 Å². The van der Waals surface area contributed by atoms with Gasteiger partial charge >= 0.3 is 0 Å². The largest absolute Gasteiger partial charge is 0.441 e. The zero-order chi connectivity index (χ0) is 19.0. The van der Waals surface area contributed by atoms with Crippen LogP contribution in [-0.2, 0) is 6.42 Å². The molecule has 0 radical (unpaired) electrons. The van der Waals surface area contributed by atoms with Gasteiger partial charge in [-0.1, -0.05) is 20.8 Å². The molecule has 0 atom stereocenters. The van der Waals surface area contributed by atoms with Crippen LogP contribution in [0, 0.1) is 16.7 Å². The molecular formula is C21H19N5O. The molecule has 0 saturated heterocycles. The lowest BCUT2D eigenvalue weighted by molar-refractivity contribution is 0.357. The Labute approximate surface area is 157 Å². The van der Waals surface area contributed by atoms with E-state index in [0.717, 1.165) is 23.2 Å². The number of hydrogen-bond acceptors (Lipinski definition) is 5. The number of hydrogen-bond donors (Lipinski definition) is 0. The fourth-order valence-electron chi connectivity index (χ4n) is 2.97. The Kier molecular flexibility index (Phi) is 4.00. The third-order valence-electron chi connectivity index (χ3n) is 4.18. The number of fused-ring (bicyclic) bond motifs is 1. The molecule has 6 nitrogen and oxygen atoms in total. The first kappa shape index (κ1) is 17.0. The first-order valence-electron chi connectivity index (χ1n) is 8.72. The molecule has 0 amide bonds. The van der Waals surface area contributed by atoms with Crippen molar-refractivity contribution >= 4 is 5.65 Å². The lowest BCUT2D eigenvalue weighted by Gasteiger charge is -2.14. The second-order valence-electron chi connectivity index (χ2n) is 7.67. The van der Waals surface area contributed by atoms with Gasteiger partial charge in [0.05, 0.1) is 11.9 Å². The molecule has 0 bridgehead atoms. The van der Waals surface area contributed by atoms with Crippen molar-refractivity contribution in [2.24, 2.45) is 5.41 Å². The Bertz CT molecular complexity index is 1160. The van der Waals surface area contributed by atoms with Gasteiger partial charge < -0.3 is 8.82 Å². The van der Waals surface area contributed by atoms with E-state index in [0.29, 0.717) is 23.0 Å². The van der Waals surface area contributed by atoms with E-state index in [4.69, 9.17) is 4.42 Å². The summed E-state index contributed by atoms with van der Waals surface area (Å²) in [5.41, 5.74) is 3.60. The quantitative estimate of drug-likeness (QED) is 0.539. The molecule has 0 unspecified atom stereocenters. The Hall–Kier alpha value is -3.46. The van der Waals surface area contributed by atoms with E-state index >= 15 is 0 Å². The highest BCUT2D eigenvalue weighted by Gasteiger charge is 2.19. The summed E-state index contributed by atoms with van der Waals surface area (Å²) in [6, 6.07) is 9.55. The minimum Gasteiger partial charge on any atom is -0.441 e. The molecule has 0 aliphatic carbocycles. The Balaban J connectivity index is 1.83. The Morgan fingerprint density at radius 1 is 1.15 bits per heavy atom. The van der Waals surface area contributed by atoms with Crippen LogP contribution in [0.3, 0.4) is 0 Å². The van der Waals surface area contributed by atoms with Crippen LogP contribution in [0.2, 0.25) is 0 Å². The Morgan fingerprint density at radius 3 is 2.78 bits per heavy atom. The van der Waals surface area contributed by atoms with Crippen molar-refractivity contribution < 1.29 is 4.42 Å². The average molecular weight is 357 g/mol. The Morgan fingerprint density at radius 2 is 2.00 bits per heavy atom. The first-order valence-corrected chi connectivity index (χ1v) is 8.72. The monoisotopic (exact) mass is 357 g/mol. The zero-order valence-electron chi connectivity index (χ0n) is 15.5. The molecule has 4 aromatic heterocycles. The molecular weight excluding hydrogens is 338 g/mol. The first-order chi connectivity index (χ1) is 12.9. The second kappa shape index (κ2) is 6.36. The number of rotatable bonds is 3. The molecule has 134 valence electrons. The number of oxazole rings is 1. The van der Waals surface area contributed by atoms with E-state index in [9.17, 15) is 5.26 Å². The summed E-state index contributed by atoms with van der Waals surface area (Å²) in [5.74, 6) is 1.33. The third kappa shape index (κ3) is 3.44. The smallest absolute Gasteiger partial charge is 0.195 e. The SMILES string of the molecule is CC(C)(C)Cc1ncc(-c2ccc(C#N)nc2-c2ccn3ccnc3c2)o1. The summed E-state index contributed by atoms with van der Waals surface area (Å²) in [6.07, 6.45) is 8.02. The summed E-state index contributed by atoms with van der Waals surface area (Å²) in [6.45, 7) is 6.43. The van der Waals surface area contributed by atoms with Gasteiger partial charge in [-0.3, -0.25) is 0 Å². The van der Waals surface area contributed by atoms with E-state index in [2.05, 4.69) is 41.8 Å². The van der Waals surface area contributed by atoms with Crippen LogP contribution >= 0.6 is 0 Å². The summed E-state index contributed by atoms with van der Waals surface area (Å²) in [4.78, 5) is 13.3. The summed E-state index contributed by atoms with van der Waals surface area (Å²) in [7, 11) is 0. The molecule has 27 heavy (non-hydrogen) atoms. The van der Waals surface area contributed by atoms with Crippen molar-refractivity contribution in [3.05, 3.63) is 60.6 Å². The summed E-state index contributed by atoms with van der Waals surface area (Å²) in [5, 5.41) is 9.28. The maximum atomic E-state index is 9.28. The lowest BCUT2D eigenvalue weighted by Crippen LogP contribution is -2.09. The fourth-order valence-corrected chi connectivity index (χ4v) is 2.97. The molecule has 0 aliphatic heterocycles. The van der Waals surface area contributed by atoms with Crippen LogP contribution < -0.4 is 0 Å². The van der Waals surface area contributed by atoms with Gasteiger partial charge in [-0.2, -0.15) is 5.26 Å². The predicted molar refractivity (Wildman–Crippen MR) is 102 cm³/mol. The summed E-state index contributed by atoms with van der Waals surface area (Å²) < 4.78 is 7.92. The standard InChI is InChI=1S/C21H19N5O/c1-21(2,3)11-19-24-13-17(27-19)16-5-4-15(12-22)25-20(16)14-6-8-26-9-7-23-18(26)10-14/h4-10,13H,11H2,1-3H3. The van der Waals surface area contributed by atoms with Crippen LogP contribution in [0.4, 0.5) is 0 Å². The highest BCUT2D eigenvalue weighted by Crippen LogP contribution is 2.32. The van der Waals surface area contributed by atoms with Gasteiger partial charge in [0, 0.05) is 36.1 Å². The van der Waals surface area contributed by atoms with Crippen LogP contribution in [0.25, 0.3) is 28.2 Å². The molecule has 4 aromatic rings. The van der Waals surface area contributed by atoms with E-state index in [1.807, 2.05) is 35.0 Å². The zero-order valence-corrected chi connectivity index (χ0v) is 15.5. The third-order valence-corrected chi connectivity index (χ3v) is 4.18. The van der Waals surface area contributed by atoms with Gasteiger partial charge in [-0.05, 0) is 29.7 Å². The van der Waals surface area contributed by atoms with Gasteiger partial charge in [-0.25, -0.2) is 15.0 Å². The second-order valence-corrected chi connectivity index (χ2v) is 7.67. The number of pyridine rings is 2. The van der Waals surface area contributed by atoms with Gasteiger partial charge in [0.2, 0.25) is 0 Å². The number of aromatic nitrogens is 4. The maximum Gasteiger partial charge on any atom is 0.195 e. The van der Waals surface area contributed by atoms with Crippen molar-refractivity contribution in [3.63, 3.8) is 0 Å². The number of nitriles is 1. The summed E-state index contributed by atoms with van der Waals surface area (Å²) >= 11 is 0. The van der Waals surface area contributed by atoms with Gasteiger partial charge in [-0.15, -0.1) is 0 Å². The van der Waals surface area contributed by atoms with Crippen molar-refractivity contribution in [3.8, 4) is 28.7 Å². The van der Waals surface area contributed by atoms with Crippen LogP contribution in [0.1, 0.15) is 32.4 Å². The molecule has 0 aliphatic rings. The minimum absolute atomic E-state index is 0.0829. The van der Waals surface area contributed by atoms with Crippen molar-refractivity contribution in [1.82, 2.24) is 19.4 Å². The molecule has 4 heterocycles. The molecule has 4 rings (SSSR count). The lowest BCUT2D eigenvalue weighted by atomic mass is 9.92. The minimum atomic E-state index is 0.0829. The van der Waals surface area contributed by atoms with Gasteiger partial charge in [0.25, 0.3) is 0 Å². The van der Waals surface area contributed by atoms with Crippen LogP contribution in [0.5, 0.6) is 0 Å². The molecule has 0 fully saturated rings. The number of nitrogens with zero attached hydrogens (tertiary/aromatic N) is 5. The molecule has 0 N–H and O–H groups in total. The van der Waals surface area contributed by atoms with Gasteiger partial charge in [0.1, 0.15) is 17.4 Å². The molecule has 0 aromatic carbocycles. The molecule has 6 heteroatoms. The fraction of sp³-hybridized carbons (Fsp3) is 0.238. The average Bonchev–Trinajstić information content (AvgIpc) is 3.28. The van der Waals surface area contributed by atoms with E-state index in [1.54, 1.807) is 18.5 Å². The van der Waals surface area contributed by atoms with E-state index in [-0.39, 0.29) is 5.41 Å². The normalized spacial score (nSPS) is 11.6.